The lowest BCUT2D eigenvalue weighted by Crippen LogP contribution is -2.49. The van der Waals surface area contributed by atoms with Crippen LogP contribution in [-0.2, 0) is 11.2 Å². The summed E-state index contributed by atoms with van der Waals surface area (Å²) in [7, 11) is 0. The zero-order valence-corrected chi connectivity index (χ0v) is 15.6. The second kappa shape index (κ2) is 8.11. The Kier molecular flexibility index (Phi) is 6.39. The van der Waals surface area contributed by atoms with Gasteiger partial charge in [-0.05, 0) is 57.2 Å². The molecule has 0 radical (unpaired) electrons. The van der Waals surface area contributed by atoms with Gasteiger partial charge in [-0.3, -0.25) is 4.79 Å². The molecule has 1 amide bonds. The molecular weight excluding hydrogens is 322 g/mol. The molecule has 0 saturated heterocycles. The number of benzene rings is 1. The summed E-state index contributed by atoms with van der Waals surface area (Å²) < 4.78 is 0. The topological polar surface area (TPSA) is 49.6 Å². The van der Waals surface area contributed by atoms with Gasteiger partial charge in [-0.15, -0.1) is 12.4 Å². The molecule has 0 spiro atoms. The summed E-state index contributed by atoms with van der Waals surface area (Å²) in [4.78, 5) is 17.3. The number of hydrogen-bond acceptors (Lipinski definition) is 3. The van der Waals surface area contributed by atoms with Crippen LogP contribution in [0.25, 0.3) is 0 Å². The van der Waals surface area contributed by atoms with E-state index in [0.29, 0.717) is 12.6 Å². The van der Waals surface area contributed by atoms with Crippen molar-refractivity contribution in [2.24, 2.45) is 0 Å². The molecule has 134 valence electrons. The predicted octanol–water partition coefficient (Wildman–Crippen LogP) is 3.62. The van der Waals surface area contributed by atoms with E-state index in [4.69, 9.17) is 5.73 Å². The number of rotatable bonds is 4. The molecule has 0 bridgehead atoms. The van der Waals surface area contributed by atoms with Crippen molar-refractivity contribution in [3.8, 4) is 0 Å². The Balaban J connectivity index is 0.00000208. The predicted molar refractivity (Wildman–Crippen MR) is 103 cm³/mol. The second-order valence-corrected chi connectivity index (χ2v) is 7.20. The zero-order chi connectivity index (χ0) is 16.4. The number of fused-ring (bicyclic) bond motifs is 1. The van der Waals surface area contributed by atoms with Crippen molar-refractivity contribution in [3.05, 3.63) is 23.8 Å². The monoisotopic (exact) mass is 351 g/mol. The van der Waals surface area contributed by atoms with Gasteiger partial charge in [0.1, 0.15) is 0 Å². The van der Waals surface area contributed by atoms with Gasteiger partial charge in [-0.2, -0.15) is 0 Å². The molecule has 4 nitrogen and oxygen atoms in total. The fourth-order valence-electron chi connectivity index (χ4n) is 4.23. The summed E-state index contributed by atoms with van der Waals surface area (Å²) in [5, 5.41) is 0. The number of nitrogens with zero attached hydrogens (tertiary/aromatic N) is 2. The number of halogens is 1. The maximum absolute atomic E-state index is 13.0. The molecule has 1 aromatic carbocycles. The molecule has 2 aliphatic rings. The summed E-state index contributed by atoms with van der Waals surface area (Å²) in [6.07, 6.45) is 6.91. The highest BCUT2D eigenvalue weighted by molar-refractivity contribution is 5.85. The van der Waals surface area contributed by atoms with Crippen LogP contribution < -0.4 is 10.6 Å². The van der Waals surface area contributed by atoms with E-state index >= 15 is 0 Å². The molecular formula is C19H30ClN3O. The van der Waals surface area contributed by atoms with E-state index in [-0.39, 0.29) is 24.4 Å². The highest BCUT2D eigenvalue weighted by atomic mass is 35.5. The Morgan fingerprint density at radius 2 is 2.00 bits per heavy atom. The maximum Gasteiger partial charge on any atom is 0.242 e. The van der Waals surface area contributed by atoms with Crippen LogP contribution in [-0.4, -0.2) is 36.0 Å². The minimum Gasteiger partial charge on any atom is -0.398 e. The highest BCUT2D eigenvalue weighted by Crippen LogP contribution is 2.32. The van der Waals surface area contributed by atoms with E-state index in [1.807, 2.05) is 12.1 Å². The molecule has 5 heteroatoms. The maximum atomic E-state index is 13.0. The van der Waals surface area contributed by atoms with Gasteiger partial charge < -0.3 is 15.5 Å². The van der Waals surface area contributed by atoms with E-state index in [2.05, 4.69) is 29.7 Å². The molecule has 1 saturated carbocycles. The smallest absolute Gasteiger partial charge is 0.242 e. The first-order valence-electron chi connectivity index (χ1n) is 9.01. The molecule has 1 fully saturated rings. The molecule has 1 aromatic rings. The van der Waals surface area contributed by atoms with Crippen LogP contribution in [0.5, 0.6) is 0 Å². The summed E-state index contributed by atoms with van der Waals surface area (Å²) in [6, 6.07) is 6.77. The first-order valence-corrected chi connectivity index (χ1v) is 9.01. The number of nitrogen functional groups attached to an aromatic ring is 1. The van der Waals surface area contributed by atoms with Crippen LogP contribution in [0.15, 0.2) is 18.2 Å². The van der Waals surface area contributed by atoms with Crippen molar-refractivity contribution < 1.29 is 4.79 Å². The average molecular weight is 352 g/mol. The van der Waals surface area contributed by atoms with Crippen LogP contribution in [0.1, 0.15) is 51.5 Å². The quantitative estimate of drug-likeness (QED) is 0.843. The first-order chi connectivity index (χ1) is 11.1. The van der Waals surface area contributed by atoms with Crippen molar-refractivity contribution in [2.75, 3.05) is 23.7 Å². The average Bonchev–Trinajstić information content (AvgIpc) is 3.02. The Morgan fingerprint density at radius 3 is 2.67 bits per heavy atom. The Morgan fingerprint density at radius 1 is 1.29 bits per heavy atom. The van der Waals surface area contributed by atoms with E-state index in [9.17, 15) is 4.79 Å². The number of anilines is 2. The number of carbonyl (C=O) groups excluding carboxylic acids is 1. The van der Waals surface area contributed by atoms with Gasteiger partial charge in [0, 0.05) is 30.0 Å². The molecule has 2 N–H and O–H groups in total. The molecule has 1 heterocycles. The van der Waals surface area contributed by atoms with Crippen molar-refractivity contribution in [3.63, 3.8) is 0 Å². The summed E-state index contributed by atoms with van der Waals surface area (Å²) in [5.74, 6) is 0.266. The third kappa shape index (κ3) is 3.80. The Labute approximate surface area is 151 Å². The van der Waals surface area contributed by atoms with Gasteiger partial charge in [0.2, 0.25) is 5.91 Å². The second-order valence-electron chi connectivity index (χ2n) is 7.20. The van der Waals surface area contributed by atoms with Gasteiger partial charge in [0.05, 0.1) is 6.54 Å². The molecule has 1 aliphatic carbocycles. The summed E-state index contributed by atoms with van der Waals surface area (Å²) in [6.45, 7) is 5.70. The van der Waals surface area contributed by atoms with Crippen LogP contribution in [0.2, 0.25) is 0 Å². The first kappa shape index (κ1) is 18.9. The van der Waals surface area contributed by atoms with E-state index in [1.54, 1.807) is 0 Å². The van der Waals surface area contributed by atoms with Crippen molar-refractivity contribution in [2.45, 2.75) is 64.5 Å². The summed E-state index contributed by atoms with van der Waals surface area (Å²) in [5.41, 5.74) is 9.34. The van der Waals surface area contributed by atoms with Crippen molar-refractivity contribution in [1.82, 2.24) is 4.90 Å². The zero-order valence-electron chi connectivity index (χ0n) is 14.8. The molecule has 0 unspecified atom stereocenters. The Bertz CT molecular complexity index is 570. The standard InChI is InChI=1S/C19H29N3O.ClH/c1-14(2)22(15-7-3-4-8-15)19(23)13-21-12-6-9-16-17(20)10-5-11-18(16)21;/h5,10-11,14-15H,3-4,6-9,12-13,20H2,1-2H3;1H. The number of amides is 1. The highest BCUT2D eigenvalue weighted by Gasteiger charge is 2.30. The minimum atomic E-state index is 0. The van der Waals surface area contributed by atoms with Crippen molar-refractivity contribution >= 4 is 29.7 Å². The molecule has 24 heavy (non-hydrogen) atoms. The van der Waals surface area contributed by atoms with E-state index < -0.39 is 0 Å². The van der Waals surface area contributed by atoms with Crippen LogP contribution in [0, 0.1) is 0 Å². The van der Waals surface area contributed by atoms with Gasteiger partial charge in [0.25, 0.3) is 0 Å². The fourth-order valence-corrected chi connectivity index (χ4v) is 4.23. The molecule has 1 aliphatic heterocycles. The lowest BCUT2D eigenvalue weighted by molar-refractivity contribution is -0.133. The fraction of sp³-hybridized carbons (Fsp3) is 0.632. The van der Waals surface area contributed by atoms with Gasteiger partial charge in [0.15, 0.2) is 0 Å². The largest absolute Gasteiger partial charge is 0.398 e. The minimum absolute atomic E-state index is 0. The molecule has 3 rings (SSSR count). The number of nitrogens with two attached hydrogens (primary N) is 1. The lowest BCUT2D eigenvalue weighted by atomic mass is 10.00. The van der Waals surface area contributed by atoms with Crippen LogP contribution in [0.3, 0.4) is 0 Å². The molecule has 0 aromatic heterocycles. The molecule has 0 atom stereocenters. The van der Waals surface area contributed by atoms with Crippen molar-refractivity contribution in [1.29, 1.82) is 0 Å². The van der Waals surface area contributed by atoms with Crippen LogP contribution in [0.4, 0.5) is 11.4 Å². The van der Waals surface area contributed by atoms with E-state index in [0.717, 1.165) is 43.6 Å². The third-order valence-corrected chi connectivity index (χ3v) is 5.27. The lowest BCUT2D eigenvalue weighted by Gasteiger charge is -2.37. The third-order valence-electron chi connectivity index (χ3n) is 5.27. The number of hydrogen-bond donors (Lipinski definition) is 1. The number of carbonyl (C=O) groups is 1. The SMILES string of the molecule is CC(C)N(C(=O)CN1CCCc2c(N)cccc21)C1CCCC1.Cl. The van der Waals surface area contributed by atoms with E-state index in [1.165, 1.54) is 18.4 Å². The van der Waals surface area contributed by atoms with Crippen LogP contribution >= 0.6 is 12.4 Å². The van der Waals surface area contributed by atoms with Gasteiger partial charge in [-0.25, -0.2) is 0 Å². The summed E-state index contributed by atoms with van der Waals surface area (Å²) >= 11 is 0. The van der Waals surface area contributed by atoms with Gasteiger partial charge in [-0.1, -0.05) is 18.9 Å². The van der Waals surface area contributed by atoms with Gasteiger partial charge >= 0.3 is 0 Å². The Hall–Kier alpha value is -1.42. The normalized spacial score (nSPS) is 17.5.